The largest absolute Gasteiger partial charge is 0.299 e. The third-order valence-corrected chi connectivity index (χ3v) is 5.78. The molecule has 0 aliphatic carbocycles. The van der Waals surface area contributed by atoms with Crippen molar-refractivity contribution < 1.29 is 14.5 Å². The second kappa shape index (κ2) is 6.02. The predicted molar refractivity (Wildman–Crippen MR) is 107 cm³/mol. The average Bonchev–Trinajstić information content (AvgIpc) is 3.06. The Morgan fingerprint density at radius 1 is 0.679 bits per heavy atom. The van der Waals surface area contributed by atoms with E-state index in [0.29, 0.717) is 0 Å². The summed E-state index contributed by atoms with van der Waals surface area (Å²) in [6, 6.07) is 28.6. The van der Waals surface area contributed by atoms with Crippen LogP contribution in [0.4, 0.5) is 0 Å². The van der Waals surface area contributed by atoms with Gasteiger partial charge >= 0.3 is 0 Å². The predicted octanol–water partition coefficient (Wildman–Crippen LogP) is 5.86. The van der Waals surface area contributed by atoms with Gasteiger partial charge in [-0.15, -0.1) is 0 Å². The second-order valence-corrected chi connectivity index (χ2v) is 8.67. The zero-order chi connectivity index (χ0) is 19.4. The monoisotopic (exact) mass is 372 g/mol. The van der Waals surface area contributed by atoms with E-state index in [2.05, 4.69) is 51.1 Å². The van der Waals surface area contributed by atoms with Gasteiger partial charge in [-0.25, -0.2) is 0 Å². The van der Waals surface area contributed by atoms with Crippen LogP contribution in [0.3, 0.4) is 0 Å². The van der Waals surface area contributed by atoms with Crippen LogP contribution in [0.5, 0.6) is 0 Å². The highest BCUT2D eigenvalue weighted by Crippen LogP contribution is 2.64. The average molecular weight is 372 g/mol. The molecule has 3 heteroatoms. The van der Waals surface area contributed by atoms with Crippen LogP contribution in [0, 0.1) is 5.41 Å². The van der Waals surface area contributed by atoms with Crippen LogP contribution in [0.25, 0.3) is 0 Å². The van der Waals surface area contributed by atoms with E-state index in [4.69, 9.17) is 14.5 Å². The number of rotatable bonds is 2. The van der Waals surface area contributed by atoms with Gasteiger partial charge in [-0.1, -0.05) is 106 Å². The van der Waals surface area contributed by atoms with E-state index in [0.717, 1.165) is 16.7 Å². The third-order valence-electron chi connectivity index (χ3n) is 5.78. The molecule has 0 saturated carbocycles. The smallest absolute Gasteiger partial charge is 0.257 e. The van der Waals surface area contributed by atoms with Crippen LogP contribution in [-0.2, 0) is 26.1 Å². The van der Waals surface area contributed by atoms with Crippen molar-refractivity contribution >= 4 is 0 Å². The Labute approximate surface area is 165 Å². The molecule has 1 unspecified atom stereocenters. The molecule has 0 spiro atoms. The van der Waals surface area contributed by atoms with Gasteiger partial charge in [0.25, 0.3) is 5.79 Å². The fourth-order valence-corrected chi connectivity index (χ4v) is 4.73. The third kappa shape index (κ3) is 2.34. The van der Waals surface area contributed by atoms with E-state index in [1.54, 1.807) is 0 Å². The normalized spacial score (nSPS) is 28.8. The lowest BCUT2D eigenvalue weighted by atomic mass is 9.66. The molecule has 0 aromatic heterocycles. The van der Waals surface area contributed by atoms with Gasteiger partial charge in [-0.05, 0) is 11.0 Å². The molecule has 1 saturated heterocycles. The first-order valence-electron chi connectivity index (χ1n) is 9.75. The summed E-state index contributed by atoms with van der Waals surface area (Å²) >= 11 is 0. The van der Waals surface area contributed by atoms with E-state index in [1.807, 2.05) is 54.6 Å². The molecule has 2 aliphatic rings. The van der Waals surface area contributed by atoms with E-state index in [-0.39, 0.29) is 11.3 Å². The first kappa shape index (κ1) is 17.6. The zero-order valence-electron chi connectivity index (χ0n) is 16.4. The van der Waals surface area contributed by atoms with Crippen molar-refractivity contribution in [3.8, 4) is 0 Å². The molecular weight excluding hydrogens is 348 g/mol. The molecule has 2 heterocycles. The fourth-order valence-electron chi connectivity index (χ4n) is 4.73. The van der Waals surface area contributed by atoms with Gasteiger partial charge in [0.15, 0.2) is 0 Å². The molecule has 3 aromatic carbocycles. The maximum absolute atomic E-state index is 6.87. The minimum Gasteiger partial charge on any atom is -0.299 e. The Balaban J connectivity index is 1.83. The summed E-state index contributed by atoms with van der Waals surface area (Å²) in [5, 5.41) is 0. The summed E-state index contributed by atoms with van der Waals surface area (Å²) in [5.41, 5.74) is 3.97. The van der Waals surface area contributed by atoms with Crippen molar-refractivity contribution in [2.24, 2.45) is 5.41 Å². The van der Waals surface area contributed by atoms with Gasteiger partial charge in [0.1, 0.15) is 0 Å². The van der Waals surface area contributed by atoms with E-state index in [9.17, 15) is 0 Å². The molecule has 5 rings (SSSR count). The molecule has 0 N–H and O–H groups in total. The Bertz CT molecular complexity index is 993. The molecule has 142 valence electrons. The molecule has 0 radical (unpaired) electrons. The number of hydrogen-bond acceptors (Lipinski definition) is 3. The van der Waals surface area contributed by atoms with Gasteiger partial charge in [0.05, 0.1) is 5.92 Å². The van der Waals surface area contributed by atoms with Gasteiger partial charge in [0.2, 0.25) is 5.79 Å². The summed E-state index contributed by atoms with van der Waals surface area (Å²) in [4.78, 5) is 12.3. The van der Waals surface area contributed by atoms with Crippen LogP contribution in [-0.4, -0.2) is 0 Å². The minimum atomic E-state index is -1.09. The topological polar surface area (TPSA) is 27.7 Å². The van der Waals surface area contributed by atoms with Gasteiger partial charge in [-0.2, -0.15) is 9.78 Å². The highest BCUT2D eigenvalue weighted by atomic mass is 17.3. The Hall–Kier alpha value is -2.46. The Morgan fingerprint density at radius 2 is 1.25 bits per heavy atom. The first-order valence-corrected chi connectivity index (χ1v) is 9.75. The standard InChI is InChI=1S/C25H24O3/c1-23(2,3)22-20-16-10-11-17-21(20)24(18-12-6-4-7-13-18)26-25(22,28-27-24)19-14-8-5-9-15-19/h4-17,22H,1-3H3/t22?,24-,25+/m1/s1. The number of benzene rings is 3. The molecule has 28 heavy (non-hydrogen) atoms. The van der Waals surface area contributed by atoms with Crippen molar-refractivity contribution in [1.29, 1.82) is 0 Å². The van der Waals surface area contributed by atoms with Crippen molar-refractivity contribution in [2.45, 2.75) is 38.3 Å². The van der Waals surface area contributed by atoms with Gasteiger partial charge < -0.3 is 0 Å². The van der Waals surface area contributed by atoms with Crippen LogP contribution >= 0.6 is 0 Å². The van der Waals surface area contributed by atoms with Crippen LogP contribution in [0.15, 0.2) is 84.9 Å². The molecule has 3 nitrogen and oxygen atoms in total. The van der Waals surface area contributed by atoms with Crippen molar-refractivity contribution in [3.05, 3.63) is 107 Å². The first-order chi connectivity index (χ1) is 13.5. The van der Waals surface area contributed by atoms with Crippen molar-refractivity contribution in [2.75, 3.05) is 0 Å². The summed E-state index contributed by atoms with van der Waals surface area (Å²) in [7, 11) is 0. The van der Waals surface area contributed by atoms with E-state index in [1.165, 1.54) is 5.56 Å². The van der Waals surface area contributed by atoms with Crippen LogP contribution in [0.1, 0.15) is 48.9 Å². The maximum Gasteiger partial charge on any atom is 0.257 e. The zero-order valence-corrected chi connectivity index (χ0v) is 16.4. The summed E-state index contributed by atoms with van der Waals surface area (Å²) in [5.74, 6) is -2.16. The lowest BCUT2D eigenvalue weighted by Gasteiger charge is -2.47. The van der Waals surface area contributed by atoms with Crippen LogP contribution < -0.4 is 0 Å². The Morgan fingerprint density at radius 3 is 1.89 bits per heavy atom. The van der Waals surface area contributed by atoms with Crippen molar-refractivity contribution in [3.63, 3.8) is 0 Å². The van der Waals surface area contributed by atoms with Crippen molar-refractivity contribution in [1.82, 2.24) is 0 Å². The van der Waals surface area contributed by atoms with E-state index < -0.39 is 11.6 Å². The molecule has 3 aromatic rings. The molecule has 2 bridgehead atoms. The molecule has 3 atom stereocenters. The number of fused-ring (bicyclic) bond motifs is 4. The molecular formula is C25H24O3. The number of hydrogen-bond donors (Lipinski definition) is 0. The highest BCUT2D eigenvalue weighted by Gasteiger charge is 2.66. The summed E-state index contributed by atoms with van der Waals surface area (Å²) < 4.78 is 6.87. The molecule has 2 aliphatic heterocycles. The molecule has 0 amide bonds. The second-order valence-electron chi connectivity index (χ2n) is 8.67. The van der Waals surface area contributed by atoms with E-state index >= 15 is 0 Å². The quantitative estimate of drug-likeness (QED) is 0.527. The maximum atomic E-state index is 6.87. The van der Waals surface area contributed by atoms with Gasteiger partial charge in [-0.3, -0.25) is 4.74 Å². The summed E-state index contributed by atoms with van der Waals surface area (Å²) in [6.07, 6.45) is 0. The van der Waals surface area contributed by atoms with Crippen LogP contribution in [0.2, 0.25) is 0 Å². The lowest BCUT2D eigenvalue weighted by molar-refractivity contribution is -0.355. The highest BCUT2D eigenvalue weighted by molar-refractivity contribution is 5.47. The minimum absolute atomic E-state index is 0.0436. The number of ether oxygens (including phenoxy) is 1. The lowest BCUT2D eigenvalue weighted by Crippen LogP contribution is -2.48. The molecule has 1 fully saturated rings. The Kier molecular flexibility index (Phi) is 3.79. The summed E-state index contributed by atoms with van der Waals surface area (Å²) in [6.45, 7) is 6.67. The van der Waals surface area contributed by atoms with Gasteiger partial charge in [0, 0.05) is 16.7 Å². The SMILES string of the molecule is CC(C)(C)C1c2ccccc2[C@@]2(c3ccccc3)OO[C@]1(c1ccccc1)O2. The fraction of sp³-hybridized carbons (Fsp3) is 0.280.